The Morgan fingerprint density at radius 2 is 2.07 bits per heavy atom. The number of nitrogens with zero attached hydrogens (tertiary/aromatic N) is 1. The van der Waals surface area contributed by atoms with E-state index in [0.29, 0.717) is 25.3 Å². The number of benzene rings is 1. The number of fused-ring (bicyclic) bond motifs is 1. The molecule has 0 N–H and O–H groups in total. The molecule has 4 heteroatoms. The van der Waals surface area contributed by atoms with Crippen molar-refractivity contribution in [2.24, 2.45) is 0 Å². The maximum atomic E-state index is 11.8. The highest BCUT2D eigenvalue weighted by atomic mass is 16.7. The summed E-state index contributed by atoms with van der Waals surface area (Å²) in [5.74, 6) is 2.52. The Kier molecular flexibility index (Phi) is 6.59. The lowest BCUT2D eigenvalue weighted by Crippen LogP contribution is -2.33. The lowest BCUT2D eigenvalue weighted by atomic mass is 9.92. The number of aryl methyl sites for hydroxylation is 1. The van der Waals surface area contributed by atoms with Gasteiger partial charge in [0.15, 0.2) is 11.5 Å². The Morgan fingerprint density at radius 1 is 1.26 bits per heavy atom. The summed E-state index contributed by atoms with van der Waals surface area (Å²) < 4.78 is 11.4. The van der Waals surface area contributed by atoms with Crippen molar-refractivity contribution >= 4 is 5.78 Å². The number of ether oxygens (including phenoxy) is 2. The van der Waals surface area contributed by atoms with Gasteiger partial charge in [-0.05, 0) is 69.6 Å². The van der Waals surface area contributed by atoms with Gasteiger partial charge >= 0.3 is 0 Å². The lowest BCUT2D eigenvalue weighted by molar-refractivity contribution is -0.118. The first-order valence-corrected chi connectivity index (χ1v) is 10.3. The minimum Gasteiger partial charge on any atom is -0.454 e. The first-order valence-electron chi connectivity index (χ1n) is 10.3. The average molecular weight is 372 g/mol. The Balaban J connectivity index is 1.79. The number of carbonyl (C=O) groups excluding carboxylic acids is 1. The van der Waals surface area contributed by atoms with Gasteiger partial charge in [-0.3, -0.25) is 9.69 Å². The van der Waals surface area contributed by atoms with E-state index in [1.807, 2.05) is 0 Å². The maximum Gasteiger partial charge on any atom is 0.231 e. The van der Waals surface area contributed by atoms with Crippen LogP contribution in [0.4, 0.5) is 0 Å². The zero-order valence-corrected chi connectivity index (χ0v) is 17.2. The molecule has 1 saturated heterocycles. The molecule has 0 spiro atoms. The smallest absolute Gasteiger partial charge is 0.231 e. The zero-order chi connectivity index (χ0) is 19.4. The summed E-state index contributed by atoms with van der Waals surface area (Å²) in [5.41, 5.74) is 3.96. The molecular formula is C23H33NO3. The van der Waals surface area contributed by atoms with Crippen LogP contribution >= 0.6 is 0 Å². The number of rotatable bonds is 8. The summed E-state index contributed by atoms with van der Waals surface area (Å²) in [7, 11) is 0. The fourth-order valence-corrected chi connectivity index (χ4v) is 4.37. The van der Waals surface area contributed by atoms with Crippen molar-refractivity contribution in [1.82, 2.24) is 4.90 Å². The highest BCUT2D eigenvalue weighted by Gasteiger charge is 2.34. The van der Waals surface area contributed by atoms with E-state index in [1.54, 1.807) is 6.92 Å². The predicted molar refractivity (Wildman–Crippen MR) is 109 cm³/mol. The monoisotopic (exact) mass is 371 g/mol. The molecule has 1 aromatic carbocycles. The van der Waals surface area contributed by atoms with Crippen LogP contribution in [-0.4, -0.2) is 36.6 Å². The molecule has 0 radical (unpaired) electrons. The second-order valence-corrected chi connectivity index (χ2v) is 8.24. The minimum atomic E-state index is 0.250. The van der Waals surface area contributed by atoms with Crippen LogP contribution < -0.4 is 9.47 Å². The number of hydrogen-bond acceptors (Lipinski definition) is 4. The van der Waals surface area contributed by atoms with Gasteiger partial charge in [0.25, 0.3) is 0 Å². The standard InChI is InChI=1S/C23H33NO3/c1-5-7-18-10-19(12-22-23(18)27-15-26-22)20-11-21(9-6-8-16(2)3)24(14-20)13-17(4)25/h8,10,12,20-21H,5-7,9,11,13-15H2,1-4H3. The van der Waals surface area contributed by atoms with Gasteiger partial charge in [0.05, 0.1) is 6.54 Å². The number of hydrogen-bond donors (Lipinski definition) is 0. The quantitative estimate of drug-likeness (QED) is 0.612. The van der Waals surface area contributed by atoms with Crippen LogP contribution in [-0.2, 0) is 11.2 Å². The van der Waals surface area contributed by atoms with Gasteiger partial charge in [0, 0.05) is 12.6 Å². The van der Waals surface area contributed by atoms with Crippen LogP contribution in [0.25, 0.3) is 0 Å². The number of ketones is 1. The molecule has 2 unspecified atom stereocenters. The molecule has 0 bridgehead atoms. The molecule has 0 saturated carbocycles. The van der Waals surface area contributed by atoms with Crippen molar-refractivity contribution in [1.29, 1.82) is 0 Å². The predicted octanol–water partition coefficient (Wildman–Crippen LogP) is 4.86. The SMILES string of the molecule is CCCc1cc(C2CC(CCC=C(C)C)N(CC(C)=O)C2)cc2c1OCO2. The Bertz CT molecular complexity index is 706. The van der Waals surface area contributed by atoms with Crippen LogP contribution in [0.1, 0.15) is 70.4 Å². The molecule has 148 valence electrons. The summed E-state index contributed by atoms with van der Waals surface area (Å²) in [6, 6.07) is 4.94. The molecule has 2 atom stereocenters. The van der Waals surface area contributed by atoms with Gasteiger partial charge in [0.1, 0.15) is 5.78 Å². The summed E-state index contributed by atoms with van der Waals surface area (Å²) in [6.07, 6.45) is 7.70. The van der Waals surface area contributed by atoms with Gasteiger partial charge in [-0.15, -0.1) is 0 Å². The molecule has 1 aromatic rings. The molecule has 1 fully saturated rings. The minimum absolute atomic E-state index is 0.250. The van der Waals surface area contributed by atoms with Gasteiger partial charge in [0.2, 0.25) is 6.79 Å². The van der Waals surface area contributed by atoms with Crippen molar-refractivity contribution in [3.8, 4) is 11.5 Å². The molecule has 3 rings (SSSR count). The van der Waals surface area contributed by atoms with Crippen LogP contribution in [0.2, 0.25) is 0 Å². The number of Topliss-reactive ketones (excluding diaryl/α,β-unsaturated/α-hetero) is 1. The Hall–Kier alpha value is -1.81. The third-order valence-electron chi connectivity index (χ3n) is 5.57. The van der Waals surface area contributed by atoms with Crippen molar-refractivity contribution in [3.05, 3.63) is 34.9 Å². The molecular weight excluding hydrogens is 338 g/mol. The van der Waals surface area contributed by atoms with Crippen LogP contribution in [0.5, 0.6) is 11.5 Å². The van der Waals surface area contributed by atoms with E-state index in [-0.39, 0.29) is 5.78 Å². The van der Waals surface area contributed by atoms with E-state index in [9.17, 15) is 4.79 Å². The van der Waals surface area contributed by atoms with Crippen molar-refractivity contribution in [3.63, 3.8) is 0 Å². The molecule has 2 aliphatic rings. The topological polar surface area (TPSA) is 38.8 Å². The van der Waals surface area contributed by atoms with Gasteiger partial charge in [-0.2, -0.15) is 0 Å². The maximum absolute atomic E-state index is 11.8. The second kappa shape index (κ2) is 8.92. The molecule has 27 heavy (non-hydrogen) atoms. The van der Waals surface area contributed by atoms with E-state index in [2.05, 4.69) is 43.9 Å². The summed E-state index contributed by atoms with van der Waals surface area (Å²) in [4.78, 5) is 14.2. The highest BCUT2D eigenvalue weighted by Crippen LogP contribution is 2.42. The van der Waals surface area contributed by atoms with Crippen molar-refractivity contribution < 1.29 is 14.3 Å². The first-order chi connectivity index (χ1) is 13.0. The largest absolute Gasteiger partial charge is 0.454 e. The normalized spacial score (nSPS) is 21.5. The number of carbonyl (C=O) groups is 1. The molecule has 0 amide bonds. The van der Waals surface area contributed by atoms with Gasteiger partial charge in [-0.1, -0.05) is 31.1 Å². The van der Waals surface area contributed by atoms with E-state index in [4.69, 9.17) is 9.47 Å². The third kappa shape index (κ3) is 4.92. The molecule has 2 aliphatic heterocycles. The lowest BCUT2D eigenvalue weighted by Gasteiger charge is -2.22. The summed E-state index contributed by atoms with van der Waals surface area (Å²) in [5, 5.41) is 0. The third-order valence-corrected chi connectivity index (χ3v) is 5.57. The summed E-state index contributed by atoms with van der Waals surface area (Å²) in [6.45, 7) is 10.0. The molecule has 0 aromatic heterocycles. The first kappa shape index (κ1) is 19.9. The van der Waals surface area contributed by atoms with E-state index < -0.39 is 0 Å². The van der Waals surface area contributed by atoms with Crippen molar-refractivity contribution in [2.45, 2.75) is 71.8 Å². The number of likely N-dealkylation sites (tertiary alicyclic amines) is 1. The molecule has 4 nitrogen and oxygen atoms in total. The Morgan fingerprint density at radius 3 is 2.78 bits per heavy atom. The van der Waals surface area contributed by atoms with Gasteiger partial charge in [-0.25, -0.2) is 0 Å². The highest BCUT2D eigenvalue weighted by molar-refractivity contribution is 5.77. The van der Waals surface area contributed by atoms with E-state index in [1.165, 1.54) is 16.7 Å². The average Bonchev–Trinajstić information content (AvgIpc) is 3.21. The van der Waals surface area contributed by atoms with Crippen LogP contribution in [0, 0.1) is 0 Å². The second-order valence-electron chi connectivity index (χ2n) is 8.24. The van der Waals surface area contributed by atoms with Crippen LogP contribution in [0.15, 0.2) is 23.8 Å². The fourth-order valence-electron chi connectivity index (χ4n) is 4.37. The summed E-state index contributed by atoms with van der Waals surface area (Å²) >= 11 is 0. The van der Waals surface area contributed by atoms with Gasteiger partial charge < -0.3 is 9.47 Å². The molecule has 0 aliphatic carbocycles. The molecule has 2 heterocycles. The fraction of sp³-hybridized carbons (Fsp3) is 0.609. The van der Waals surface area contributed by atoms with E-state index in [0.717, 1.165) is 50.1 Å². The van der Waals surface area contributed by atoms with E-state index >= 15 is 0 Å². The Labute approximate surface area is 163 Å². The van der Waals surface area contributed by atoms with Crippen LogP contribution in [0.3, 0.4) is 0 Å². The zero-order valence-electron chi connectivity index (χ0n) is 17.2. The van der Waals surface area contributed by atoms with Crippen molar-refractivity contribution in [2.75, 3.05) is 19.9 Å². The number of allylic oxidation sites excluding steroid dienone is 2.